The summed E-state index contributed by atoms with van der Waals surface area (Å²) in [6.07, 6.45) is 0. The number of hydrogen-bond acceptors (Lipinski definition) is 2. The molecule has 0 fully saturated rings. The third-order valence-electron chi connectivity index (χ3n) is 3.34. The predicted octanol–water partition coefficient (Wildman–Crippen LogP) is 5.24. The van der Waals surface area contributed by atoms with Crippen molar-refractivity contribution in [3.63, 3.8) is 0 Å². The fourth-order valence-corrected chi connectivity index (χ4v) is 2.46. The number of hydrogen-bond donors (Lipinski definition) is 0. The van der Waals surface area contributed by atoms with Crippen LogP contribution >= 0.6 is 23.2 Å². The first-order chi connectivity index (χ1) is 9.93. The molecule has 0 radical (unpaired) electrons. The van der Waals surface area contributed by atoms with E-state index in [1.807, 2.05) is 32.9 Å². The molecule has 0 bridgehead atoms. The van der Waals surface area contributed by atoms with E-state index in [4.69, 9.17) is 27.9 Å². The van der Waals surface area contributed by atoms with E-state index in [-0.39, 0.29) is 5.78 Å². The third-order valence-corrected chi connectivity index (χ3v) is 3.94. The van der Waals surface area contributed by atoms with Crippen molar-refractivity contribution >= 4 is 29.0 Å². The molecule has 0 unspecified atom stereocenters. The lowest BCUT2D eigenvalue weighted by atomic mass is 9.99. The lowest BCUT2D eigenvalue weighted by Gasteiger charge is -2.10. The Morgan fingerprint density at radius 2 is 1.76 bits per heavy atom. The van der Waals surface area contributed by atoms with E-state index in [2.05, 4.69) is 0 Å². The van der Waals surface area contributed by atoms with E-state index in [0.29, 0.717) is 33.5 Å². The minimum absolute atomic E-state index is 0.145. The molecule has 4 heteroatoms. The van der Waals surface area contributed by atoms with Gasteiger partial charge in [0.15, 0.2) is 5.78 Å². The molecule has 2 nitrogen and oxygen atoms in total. The van der Waals surface area contributed by atoms with Crippen molar-refractivity contribution in [3.05, 3.63) is 62.6 Å². The van der Waals surface area contributed by atoms with Crippen molar-refractivity contribution < 1.29 is 9.53 Å². The van der Waals surface area contributed by atoms with Crippen LogP contribution in [0.25, 0.3) is 0 Å². The molecule has 0 saturated carbocycles. The van der Waals surface area contributed by atoms with Gasteiger partial charge >= 0.3 is 0 Å². The number of aryl methyl sites for hydroxylation is 2. The SMILES string of the molecule is CCOc1cc(Cl)c(C(=O)c2ccc(C)c(C)c2)cc1Cl. The van der Waals surface area contributed by atoms with Gasteiger partial charge in [-0.05, 0) is 44.0 Å². The van der Waals surface area contributed by atoms with Gasteiger partial charge in [-0.1, -0.05) is 35.3 Å². The molecule has 0 amide bonds. The normalized spacial score (nSPS) is 10.5. The minimum atomic E-state index is -0.145. The smallest absolute Gasteiger partial charge is 0.194 e. The topological polar surface area (TPSA) is 26.3 Å². The molecule has 2 aromatic rings. The zero-order chi connectivity index (χ0) is 15.6. The Morgan fingerprint density at radius 3 is 2.38 bits per heavy atom. The molecule has 0 heterocycles. The second kappa shape index (κ2) is 6.50. The Kier molecular flexibility index (Phi) is 4.92. The highest BCUT2D eigenvalue weighted by Crippen LogP contribution is 2.32. The Balaban J connectivity index is 2.43. The van der Waals surface area contributed by atoms with Gasteiger partial charge in [-0.3, -0.25) is 4.79 Å². The number of carbonyl (C=O) groups is 1. The van der Waals surface area contributed by atoms with Gasteiger partial charge in [0, 0.05) is 17.2 Å². The number of rotatable bonds is 4. The zero-order valence-electron chi connectivity index (χ0n) is 12.2. The fourth-order valence-electron chi connectivity index (χ4n) is 2.01. The molecule has 110 valence electrons. The van der Waals surface area contributed by atoms with Crippen LogP contribution in [0.1, 0.15) is 34.0 Å². The third kappa shape index (κ3) is 3.39. The summed E-state index contributed by atoms with van der Waals surface area (Å²) in [5.74, 6) is 0.342. The van der Waals surface area contributed by atoms with Gasteiger partial charge < -0.3 is 4.74 Å². The summed E-state index contributed by atoms with van der Waals surface area (Å²) in [6, 6.07) is 8.73. The molecule has 0 aliphatic rings. The molecule has 2 rings (SSSR count). The highest BCUT2D eigenvalue weighted by Gasteiger charge is 2.16. The summed E-state index contributed by atoms with van der Waals surface area (Å²) < 4.78 is 5.37. The molecule has 0 aliphatic heterocycles. The molecule has 0 spiro atoms. The lowest BCUT2D eigenvalue weighted by Crippen LogP contribution is -2.04. The summed E-state index contributed by atoms with van der Waals surface area (Å²) in [6.45, 7) is 6.32. The van der Waals surface area contributed by atoms with Gasteiger partial charge in [-0.2, -0.15) is 0 Å². The van der Waals surface area contributed by atoms with E-state index in [1.54, 1.807) is 18.2 Å². The second-order valence-electron chi connectivity index (χ2n) is 4.82. The van der Waals surface area contributed by atoms with Crippen molar-refractivity contribution in [2.45, 2.75) is 20.8 Å². The first kappa shape index (κ1) is 15.9. The van der Waals surface area contributed by atoms with Gasteiger partial charge in [-0.25, -0.2) is 0 Å². The maximum absolute atomic E-state index is 12.6. The van der Waals surface area contributed by atoms with Crippen LogP contribution in [0.2, 0.25) is 10.0 Å². The maximum Gasteiger partial charge on any atom is 0.194 e. The van der Waals surface area contributed by atoms with Gasteiger partial charge in [-0.15, -0.1) is 0 Å². The van der Waals surface area contributed by atoms with Crippen LogP contribution in [-0.4, -0.2) is 12.4 Å². The van der Waals surface area contributed by atoms with E-state index in [9.17, 15) is 4.79 Å². The van der Waals surface area contributed by atoms with Crippen molar-refractivity contribution in [1.82, 2.24) is 0 Å². The number of ketones is 1. The average molecular weight is 323 g/mol. The van der Waals surface area contributed by atoms with E-state index < -0.39 is 0 Å². The Morgan fingerprint density at radius 1 is 1.05 bits per heavy atom. The molecule has 21 heavy (non-hydrogen) atoms. The predicted molar refractivity (Wildman–Crippen MR) is 87.0 cm³/mol. The van der Waals surface area contributed by atoms with Crippen LogP contribution < -0.4 is 4.74 Å². The van der Waals surface area contributed by atoms with Crippen molar-refractivity contribution in [1.29, 1.82) is 0 Å². The van der Waals surface area contributed by atoms with E-state index >= 15 is 0 Å². The molecule has 0 aliphatic carbocycles. The molecule has 0 atom stereocenters. The largest absolute Gasteiger partial charge is 0.492 e. The number of carbonyl (C=O) groups excluding carboxylic acids is 1. The van der Waals surface area contributed by atoms with Crippen molar-refractivity contribution in [3.8, 4) is 5.75 Å². The Hall–Kier alpha value is -1.51. The zero-order valence-corrected chi connectivity index (χ0v) is 13.7. The standard InChI is InChI=1S/C17H16Cl2O2/c1-4-21-16-9-14(18)13(8-15(16)19)17(20)12-6-5-10(2)11(3)7-12/h5-9H,4H2,1-3H3. The Labute approximate surface area is 134 Å². The summed E-state index contributed by atoms with van der Waals surface area (Å²) in [4.78, 5) is 12.6. The van der Waals surface area contributed by atoms with Crippen LogP contribution in [0, 0.1) is 13.8 Å². The number of ether oxygens (including phenoxy) is 1. The highest BCUT2D eigenvalue weighted by atomic mass is 35.5. The molecular weight excluding hydrogens is 307 g/mol. The molecular formula is C17H16Cl2O2. The number of benzene rings is 2. The Bertz CT molecular complexity index is 693. The van der Waals surface area contributed by atoms with Crippen LogP contribution in [-0.2, 0) is 0 Å². The summed E-state index contributed by atoms with van der Waals surface area (Å²) in [5, 5.41) is 0.722. The minimum Gasteiger partial charge on any atom is -0.492 e. The number of halogens is 2. The summed E-state index contributed by atoms with van der Waals surface area (Å²) >= 11 is 12.3. The second-order valence-corrected chi connectivity index (χ2v) is 5.64. The summed E-state index contributed by atoms with van der Waals surface area (Å²) in [7, 11) is 0. The molecule has 2 aromatic carbocycles. The van der Waals surface area contributed by atoms with Gasteiger partial charge in [0.2, 0.25) is 0 Å². The van der Waals surface area contributed by atoms with Crippen LogP contribution in [0.5, 0.6) is 5.75 Å². The monoisotopic (exact) mass is 322 g/mol. The average Bonchev–Trinajstić information content (AvgIpc) is 2.45. The first-order valence-corrected chi connectivity index (χ1v) is 7.43. The van der Waals surface area contributed by atoms with Gasteiger partial charge in [0.1, 0.15) is 5.75 Å². The van der Waals surface area contributed by atoms with Crippen molar-refractivity contribution in [2.75, 3.05) is 6.61 Å². The first-order valence-electron chi connectivity index (χ1n) is 6.67. The van der Waals surface area contributed by atoms with E-state index in [0.717, 1.165) is 11.1 Å². The van der Waals surface area contributed by atoms with Crippen LogP contribution in [0.3, 0.4) is 0 Å². The fraction of sp³-hybridized carbons (Fsp3) is 0.235. The quantitative estimate of drug-likeness (QED) is 0.719. The van der Waals surface area contributed by atoms with Crippen molar-refractivity contribution in [2.24, 2.45) is 0 Å². The van der Waals surface area contributed by atoms with E-state index in [1.165, 1.54) is 0 Å². The summed E-state index contributed by atoms with van der Waals surface area (Å²) in [5.41, 5.74) is 3.19. The molecule has 0 saturated heterocycles. The molecule has 0 N–H and O–H groups in total. The van der Waals surface area contributed by atoms with Gasteiger partial charge in [0.05, 0.1) is 16.7 Å². The highest BCUT2D eigenvalue weighted by molar-refractivity contribution is 6.37. The maximum atomic E-state index is 12.6. The van der Waals surface area contributed by atoms with Crippen LogP contribution in [0.15, 0.2) is 30.3 Å². The molecule has 0 aromatic heterocycles. The lowest BCUT2D eigenvalue weighted by molar-refractivity contribution is 0.103. The van der Waals surface area contributed by atoms with Gasteiger partial charge in [0.25, 0.3) is 0 Å². The van der Waals surface area contributed by atoms with Crippen LogP contribution in [0.4, 0.5) is 0 Å².